The molecule has 0 saturated carbocycles. The Kier molecular flexibility index (Phi) is 6.34. The van der Waals surface area contributed by atoms with Gasteiger partial charge in [0.25, 0.3) is 0 Å². The predicted octanol–water partition coefficient (Wildman–Crippen LogP) is 3.63. The average Bonchev–Trinajstić information content (AvgIpc) is 3.00. The molecule has 1 aromatic carbocycles. The van der Waals surface area contributed by atoms with Crippen molar-refractivity contribution in [3.63, 3.8) is 0 Å². The molecule has 2 N–H and O–H groups in total. The fourth-order valence-corrected chi connectivity index (χ4v) is 3.13. The average molecular weight is 311 g/mol. The number of halogens is 1. The Hall–Kier alpha value is -0.770. The molecule has 0 spiro atoms. The van der Waals surface area contributed by atoms with Crippen LogP contribution in [0.2, 0.25) is 5.02 Å². The third-order valence-electron chi connectivity index (χ3n) is 4.26. The van der Waals surface area contributed by atoms with Crippen LogP contribution in [0.4, 0.5) is 5.69 Å². The SMILES string of the molecule is CCC(N)Cc1c(Cl)cccc1N(CC)CC1CCCO1. The molecule has 0 aromatic heterocycles. The van der Waals surface area contributed by atoms with Crippen LogP contribution in [-0.4, -0.2) is 31.8 Å². The predicted molar refractivity (Wildman–Crippen MR) is 90.3 cm³/mol. The van der Waals surface area contributed by atoms with Gasteiger partial charge in [-0.1, -0.05) is 24.6 Å². The molecular formula is C17H27ClN2O. The Morgan fingerprint density at radius 2 is 2.24 bits per heavy atom. The summed E-state index contributed by atoms with van der Waals surface area (Å²) in [6.45, 7) is 7.08. The van der Waals surface area contributed by atoms with Crippen LogP contribution in [0.5, 0.6) is 0 Å². The fraction of sp³-hybridized carbons (Fsp3) is 0.647. The van der Waals surface area contributed by atoms with Gasteiger partial charge in [-0.15, -0.1) is 0 Å². The van der Waals surface area contributed by atoms with Crippen LogP contribution in [0.1, 0.15) is 38.7 Å². The minimum atomic E-state index is 0.157. The molecule has 1 heterocycles. The third-order valence-corrected chi connectivity index (χ3v) is 4.61. The molecule has 1 aliphatic rings. The van der Waals surface area contributed by atoms with Crippen molar-refractivity contribution in [2.45, 2.75) is 51.7 Å². The normalized spacial score (nSPS) is 19.7. The van der Waals surface area contributed by atoms with Gasteiger partial charge < -0.3 is 15.4 Å². The zero-order valence-corrected chi connectivity index (χ0v) is 13.9. The first-order valence-electron chi connectivity index (χ1n) is 8.05. The van der Waals surface area contributed by atoms with Gasteiger partial charge in [0.1, 0.15) is 0 Å². The standard InChI is InChI=1S/C17H27ClN2O/c1-3-13(19)11-15-16(18)8-5-9-17(15)20(4-2)12-14-7-6-10-21-14/h5,8-9,13-14H,3-4,6-7,10-12,19H2,1-2H3. The van der Waals surface area contributed by atoms with Crippen molar-refractivity contribution in [2.75, 3.05) is 24.6 Å². The molecule has 2 atom stereocenters. The quantitative estimate of drug-likeness (QED) is 0.836. The zero-order valence-electron chi connectivity index (χ0n) is 13.1. The first-order chi connectivity index (χ1) is 10.2. The summed E-state index contributed by atoms with van der Waals surface area (Å²) in [4.78, 5) is 2.37. The molecule has 2 unspecified atom stereocenters. The number of ether oxygens (including phenoxy) is 1. The number of hydrogen-bond acceptors (Lipinski definition) is 3. The van der Waals surface area contributed by atoms with E-state index in [2.05, 4.69) is 24.8 Å². The summed E-state index contributed by atoms with van der Waals surface area (Å²) >= 11 is 6.43. The molecule has 0 bridgehead atoms. The molecule has 1 fully saturated rings. The van der Waals surface area contributed by atoms with E-state index >= 15 is 0 Å². The topological polar surface area (TPSA) is 38.5 Å². The van der Waals surface area contributed by atoms with E-state index in [-0.39, 0.29) is 6.04 Å². The summed E-state index contributed by atoms with van der Waals surface area (Å²) in [5.74, 6) is 0. The van der Waals surface area contributed by atoms with Gasteiger partial charge in [-0.05, 0) is 50.3 Å². The van der Waals surface area contributed by atoms with Crippen molar-refractivity contribution in [3.8, 4) is 0 Å². The molecular weight excluding hydrogens is 284 g/mol. The van der Waals surface area contributed by atoms with Gasteiger partial charge in [-0.25, -0.2) is 0 Å². The van der Waals surface area contributed by atoms with E-state index < -0.39 is 0 Å². The molecule has 2 rings (SSSR count). The van der Waals surface area contributed by atoms with Gasteiger partial charge in [0.2, 0.25) is 0 Å². The summed E-state index contributed by atoms with van der Waals surface area (Å²) in [5, 5.41) is 0.821. The second kappa shape index (κ2) is 8.02. The van der Waals surface area contributed by atoms with Crippen molar-refractivity contribution >= 4 is 17.3 Å². The summed E-state index contributed by atoms with van der Waals surface area (Å²) in [6.07, 6.45) is 4.46. The highest BCUT2D eigenvalue weighted by Gasteiger charge is 2.21. The van der Waals surface area contributed by atoms with Crippen LogP contribution < -0.4 is 10.6 Å². The monoisotopic (exact) mass is 310 g/mol. The minimum absolute atomic E-state index is 0.157. The smallest absolute Gasteiger partial charge is 0.0750 e. The molecule has 0 aliphatic carbocycles. The molecule has 0 amide bonds. The highest BCUT2D eigenvalue weighted by atomic mass is 35.5. The van der Waals surface area contributed by atoms with Crippen LogP contribution >= 0.6 is 11.6 Å². The van der Waals surface area contributed by atoms with Gasteiger partial charge in [0, 0.05) is 36.4 Å². The van der Waals surface area contributed by atoms with Crippen LogP contribution in [-0.2, 0) is 11.2 Å². The first kappa shape index (κ1) is 16.6. The molecule has 118 valence electrons. The highest BCUT2D eigenvalue weighted by Crippen LogP contribution is 2.30. The maximum absolute atomic E-state index is 6.43. The van der Waals surface area contributed by atoms with Crippen molar-refractivity contribution in [2.24, 2.45) is 5.73 Å². The van der Waals surface area contributed by atoms with Gasteiger partial charge in [0.05, 0.1) is 6.10 Å². The molecule has 1 saturated heterocycles. The van der Waals surface area contributed by atoms with Crippen LogP contribution in [0.3, 0.4) is 0 Å². The van der Waals surface area contributed by atoms with E-state index in [1.807, 2.05) is 12.1 Å². The first-order valence-corrected chi connectivity index (χ1v) is 8.43. The van der Waals surface area contributed by atoms with Gasteiger partial charge >= 0.3 is 0 Å². The number of nitrogens with two attached hydrogens (primary N) is 1. The molecule has 4 heteroatoms. The summed E-state index contributed by atoms with van der Waals surface area (Å²) in [7, 11) is 0. The second-order valence-electron chi connectivity index (χ2n) is 5.78. The summed E-state index contributed by atoms with van der Waals surface area (Å²) in [6, 6.07) is 6.30. The third kappa shape index (κ3) is 4.35. The molecule has 21 heavy (non-hydrogen) atoms. The van der Waals surface area contributed by atoms with Crippen molar-refractivity contribution < 1.29 is 4.74 Å². The van der Waals surface area contributed by atoms with Gasteiger partial charge in [-0.3, -0.25) is 0 Å². The largest absolute Gasteiger partial charge is 0.376 e. The van der Waals surface area contributed by atoms with E-state index in [1.165, 1.54) is 17.7 Å². The maximum Gasteiger partial charge on any atom is 0.0750 e. The van der Waals surface area contributed by atoms with E-state index in [1.54, 1.807) is 0 Å². The maximum atomic E-state index is 6.43. The Labute approximate surface area is 133 Å². The molecule has 3 nitrogen and oxygen atoms in total. The number of likely N-dealkylation sites (N-methyl/N-ethyl adjacent to an activating group) is 1. The summed E-state index contributed by atoms with van der Waals surface area (Å²) < 4.78 is 5.78. The number of nitrogens with zero attached hydrogens (tertiary/aromatic N) is 1. The van der Waals surface area contributed by atoms with E-state index in [0.29, 0.717) is 6.10 Å². The van der Waals surface area contributed by atoms with Gasteiger partial charge in [0.15, 0.2) is 0 Å². The Balaban J connectivity index is 2.20. The van der Waals surface area contributed by atoms with E-state index in [9.17, 15) is 0 Å². The Bertz CT molecular complexity index is 446. The Morgan fingerprint density at radius 1 is 1.43 bits per heavy atom. The number of anilines is 1. The number of rotatable bonds is 7. The molecule has 0 radical (unpaired) electrons. The lowest BCUT2D eigenvalue weighted by molar-refractivity contribution is 0.115. The van der Waals surface area contributed by atoms with Crippen LogP contribution in [0, 0.1) is 0 Å². The van der Waals surface area contributed by atoms with E-state index in [4.69, 9.17) is 22.1 Å². The lowest BCUT2D eigenvalue weighted by Crippen LogP contribution is -2.33. The molecule has 1 aliphatic heterocycles. The van der Waals surface area contributed by atoms with Crippen LogP contribution in [0.15, 0.2) is 18.2 Å². The lowest BCUT2D eigenvalue weighted by atomic mass is 10.0. The molecule has 1 aromatic rings. The number of benzene rings is 1. The highest BCUT2D eigenvalue weighted by molar-refractivity contribution is 6.31. The van der Waals surface area contributed by atoms with Crippen molar-refractivity contribution in [1.29, 1.82) is 0 Å². The Morgan fingerprint density at radius 3 is 2.86 bits per heavy atom. The number of hydrogen-bond donors (Lipinski definition) is 1. The van der Waals surface area contributed by atoms with Crippen molar-refractivity contribution in [1.82, 2.24) is 0 Å². The van der Waals surface area contributed by atoms with Gasteiger partial charge in [-0.2, -0.15) is 0 Å². The fourth-order valence-electron chi connectivity index (χ4n) is 2.88. The second-order valence-corrected chi connectivity index (χ2v) is 6.19. The summed E-state index contributed by atoms with van der Waals surface area (Å²) in [5.41, 5.74) is 8.53. The van der Waals surface area contributed by atoms with Crippen molar-refractivity contribution in [3.05, 3.63) is 28.8 Å². The lowest BCUT2D eigenvalue weighted by Gasteiger charge is -2.29. The zero-order chi connectivity index (χ0) is 15.2. The minimum Gasteiger partial charge on any atom is -0.376 e. The van der Waals surface area contributed by atoms with E-state index in [0.717, 1.165) is 44.0 Å². The van der Waals surface area contributed by atoms with Crippen LogP contribution in [0.25, 0.3) is 0 Å².